The molecule has 0 unspecified atom stereocenters. The van der Waals surface area contributed by atoms with E-state index in [-0.39, 0.29) is 27.9 Å². The molecule has 0 atom stereocenters. The average molecular weight is 313 g/mol. The SMILES string of the molecule is COc1nc2nc(Cl)c(-c3ccc(F)cc3)c(Cl)n2n1. The van der Waals surface area contributed by atoms with Gasteiger partial charge in [-0.2, -0.15) is 14.5 Å². The Labute approximate surface area is 122 Å². The van der Waals surface area contributed by atoms with Gasteiger partial charge >= 0.3 is 6.01 Å². The monoisotopic (exact) mass is 312 g/mol. The molecule has 0 amide bonds. The van der Waals surface area contributed by atoms with E-state index in [0.29, 0.717) is 11.1 Å². The Morgan fingerprint density at radius 1 is 1.15 bits per heavy atom. The Bertz CT molecular complexity index is 788. The van der Waals surface area contributed by atoms with E-state index in [1.165, 1.54) is 23.8 Å². The number of methoxy groups -OCH3 is 1. The molecule has 1 aromatic carbocycles. The summed E-state index contributed by atoms with van der Waals surface area (Å²) in [7, 11) is 1.44. The highest BCUT2D eigenvalue weighted by Crippen LogP contribution is 2.34. The molecule has 2 aromatic heterocycles. The van der Waals surface area contributed by atoms with Crippen LogP contribution >= 0.6 is 23.2 Å². The molecule has 0 fully saturated rings. The predicted molar refractivity (Wildman–Crippen MR) is 72.7 cm³/mol. The first-order chi connectivity index (χ1) is 9.60. The van der Waals surface area contributed by atoms with E-state index in [1.54, 1.807) is 12.1 Å². The first kappa shape index (κ1) is 13.1. The first-order valence-electron chi connectivity index (χ1n) is 5.52. The molecule has 0 radical (unpaired) electrons. The van der Waals surface area contributed by atoms with Crippen molar-refractivity contribution in [2.75, 3.05) is 7.11 Å². The number of hydrogen-bond acceptors (Lipinski definition) is 4. The van der Waals surface area contributed by atoms with Crippen LogP contribution in [0.15, 0.2) is 24.3 Å². The van der Waals surface area contributed by atoms with E-state index in [0.717, 1.165) is 0 Å². The Hall–Kier alpha value is -1.92. The summed E-state index contributed by atoms with van der Waals surface area (Å²) in [5.41, 5.74) is 1.08. The molecule has 2 heterocycles. The van der Waals surface area contributed by atoms with Crippen molar-refractivity contribution in [3.63, 3.8) is 0 Å². The number of ether oxygens (including phenoxy) is 1. The predicted octanol–water partition coefficient (Wildman–Crippen LogP) is 3.25. The van der Waals surface area contributed by atoms with Crippen LogP contribution in [0.4, 0.5) is 4.39 Å². The van der Waals surface area contributed by atoms with Crippen LogP contribution in [0.3, 0.4) is 0 Å². The molecular formula is C12H7Cl2FN4O. The fourth-order valence-electron chi connectivity index (χ4n) is 1.77. The summed E-state index contributed by atoms with van der Waals surface area (Å²) >= 11 is 12.4. The van der Waals surface area contributed by atoms with Crippen molar-refractivity contribution >= 4 is 29.0 Å². The lowest BCUT2D eigenvalue weighted by atomic mass is 10.1. The van der Waals surface area contributed by atoms with Gasteiger partial charge in [-0.1, -0.05) is 35.3 Å². The molecule has 102 valence electrons. The third kappa shape index (κ3) is 2.07. The minimum Gasteiger partial charge on any atom is -0.466 e. The number of rotatable bonds is 2. The zero-order valence-corrected chi connectivity index (χ0v) is 11.7. The second kappa shape index (κ2) is 4.88. The number of aromatic nitrogens is 4. The fourth-order valence-corrected chi connectivity index (χ4v) is 2.40. The molecule has 0 bridgehead atoms. The van der Waals surface area contributed by atoms with Gasteiger partial charge in [0.05, 0.1) is 12.7 Å². The van der Waals surface area contributed by atoms with Gasteiger partial charge in [0.2, 0.25) is 0 Å². The van der Waals surface area contributed by atoms with Crippen LogP contribution in [0.1, 0.15) is 0 Å². The second-order valence-corrected chi connectivity index (χ2v) is 4.60. The van der Waals surface area contributed by atoms with E-state index in [4.69, 9.17) is 27.9 Å². The molecule has 0 spiro atoms. The summed E-state index contributed by atoms with van der Waals surface area (Å²) in [6, 6.07) is 5.88. The lowest BCUT2D eigenvalue weighted by molar-refractivity contribution is 0.380. The van der Waals surface area contributed by atoms with Gasteiger partial charge < -0.3 is 4.74 Å². The van der Waals surface area contributed by atoms with Crippen molar-refractivity contribution in [3.8, 4) is 17.1 Å². The first-order valence-corrected chi connectivity index (χ1v) is 6.27. The van der Waals surface area contributed by atoms with Crippen LogP contribution in [0.5, 0.6) is 6.01 Å². The van der Waals surface area contributed by atoms with Gasteiger partial charge in [-0.15, -0.1) is 5.10 Å². The van der Waals surface area contributed by atoms with Crippen molar-refractivity contribution in [2.45, 2.75) is 0 Å². The number of hydrogen-bond donors (Lipinski definition) is 0. The second-order valence-electron chi connectivity index (χ2n) is 3.89. The Morgan fingerprint density at radius 2 is 1.85 bits per heavy atom. The summed E-state index contributed by atoms with van der Waals surface area (Å²) in [6.45, 7) is 0. The Morgan fingerprint density at radius 3 is 2.50 bits per heavy atom. The summed E-state index contributed by atoms with van der Waals surface area (Å²) in [4.78, 5) is 8.09. The molecular weight excluding hydrogens is 306 g/mol. The largest absolute Gasteiger partial charge is 0.466 e. The average Bonchev–Trinajstić information content (AvgIpc) is 2.84. The van der Waals surface area contributed by atoms with Gasteiger partial charge in [-0.25, -0.2) is 4.39 Å². The van der Waals surface area contributed by atoms with E-state index in [9.17, 15) is 4.39 Å². The zero-order chi connectivity index (χ0) is 14.3. The topological polar surface area (TPSA) is 52.3 Å². The third-order valence-corrected chi connectivity index (χ3v) is 3.31. The Balaban J connectivity index is 2.27. The molecule has 5 nitrogen and oxygen atoms in total. The maximum atomic E-state index is 13.0. The normalized spacial score (nSPS) is 11.0. The summed E-state index contributed by atoms with van der Waals surface area (Å²) < 4.78 is 19.2. The highest BCUT2D eigenvalue weighted by molar-refractivity contribution is 6.38. The van der Waals surface area contributed by atoms with Crippen LogP contribution in [0, 0.1) is 5.82 Å². The molecule has 0 N–H and O–H groups in total. The summed E-state index contributed by atoms with van der Waals surface area (Å²) in [5.74, 6) is -0.125. The van der Waals surface area contributed by atoms with Gasteiger partial charge in [0.25, 0.3) is 5.78 Å². The highest BCUT2D eigenvalue weighted by atomic mass is 35.5. The Kier molecular flexibility index (Phi) is 3.19. The van der Waals surface area contributed by atoms with E-state index < -0.39 is 0 Å². The highest BCUT2D eigenvalue weighted by Gasteiger charge is 2.17. The minimum absolute atomic E-state index is 0.131. The van der Waals surface area contributed by atoms with Gasteiger partial charge in [0, 0.05) is 0 Å². The van der Waals surface area contributed by atoms with Crippen LogP contribution < -0.4 is 4.74 Å². The quantitative estimate of drug-likeness (QED) is 0.682. The van der Waals surface area contributed by atoms with E-state index in [2.05, 4.69) is 15.1 Å². The van der Waals surface area contributed by atoms with Crippen molar-refractivity contribution in [3.05, 3.63) is 40.4 Å². The van der Waals surface area contributed by atoms with Crippen LogP contribution in [-0.2, 0) is 0 Å². The molecule has 20 heavy (non-hydrogen) atoms. The van der Waals surface area contributed by atoms with Crippen LogP contribution in [-0.4, -0.2) is 26.7 Å². The standard InChI is InChI=1S/C12H7Cl2FN4O/c1-20-12-17-11-16-9(13)8(10(14)19(11)18-12)6-2-4-7(15)5-3-6/h2-5H,1H3. The number of nitrogens with zero attached hydrogens (tertiary/aromatic N) is 4. The van der Waals surface area contributed by atoms with Crippen molar-refractivity contribution in [1.29, 1.82) is 0 Å². The molecule has 0 saturated heterocycles. The third-order valence-electron chi connectivity index (χ3n) is 2.68. The van der Waals surface area contributed by atoms with Crippen LogP contribution in [0.2, 0.25) is 10.3 Å². The lowest BCUT2D eigenvalue weighted by Gasteiger charge is -2.07. The fraction of sp³-hybridized carbons (Fsp3) is 0.0833. The number of benzene rings is 1. The molecule has 0 aliphatic heterocycles. The van der Waals surface area contributed by atoms with Crippen molar-refractivity contribution in [2.24, 2.45) is 0 Å². The maximum Gasteiger partial charge on any atom is 0.337 e. The molecule has 3 aromatic rings. The van der Waals surface area contributed by atoms with Crippen LogP contribution in [0.25, 0.3) is 16.9 Å². The summed E-state index contributed by atoms with van der Waals surface area (Å²) in [5, 5.41) is 4.41. The lowest BCUT2D eigenvalue weighted by Crippen LogP contribution is -1.97. The molecule has 0 aliphatic carbocycles. The van der Waals surface area contributed by atoms with Crippen molar-refractivity contribution < 1.29 is 9.13 Å². The maximum absolute atomic E-state index is 13.0. The van der Waals surface area contributed by atoms with Crippen molar-refractivity contribution in [1.82, 2.24) is 19.6 Å². The number of halogens is 3. The number of fused-ring (bicyclic) bond motifs is 1. The molecule has 8 heteroatoms. The van der Waals surface area contributed by atoms with E-state index >= 15 is 0 Å². The smallest absolute Gasteiger partial charge is 0.337 e. The van der Waals surface area contributed by atoms with Gasteiger partial charge in [0.15, 0.2) is 0 Å². The molecule has 0 aliphatic rings. The zero-order valence-electron chi connectivity index (χ0n) is 10.1. The van der Waals surface area contributed by atoms with Gasteiger partial charge in [-0.05, 0) is 17.7 Å². The van der Waals surface area contributed by atoms with E-state index in [1.807, 2.05) is 0 Å². The molecule has 3 rings (SSSR count). The van der Waals surface area contributed by atoms with Gasteiger partial charge in [0.1, 0.15) is 16.1 Å². The molecule has 0 saturated carbocycles. The minimum atomic E-state index is -0.350. The van der Waals surface area contributed by atoms with Gasteiger partial charge in [-0.3, -0.25) is 0 Å². The summed E-state index contributed by atoms with van der Waals surface area (Å²) in [6.07, 6.45) is 0.